The molecule has 15 heteroatoms. The molecule has 3 amide bonds. The van der Waals surface area contributed by atoms with Gasteiger partial charge in [-0.3, -0.25) is 9.59 Å². The van der Waals surface area contributed by atoms with Crippen molar-refractivity contribution in [1.82, 2.24) is 25.5 Å². The van der Waals surface area contributed by atoms with E-state index in [9.17, 15) is 19.2 Å². The number of carbonyl (C=O) groups excluding carboxylic acids is 4. The summed E-state index contributed by atoms with van der Waals surface area (Å²) in [5.74, 6) is -0.767. The van der Waals surface area contributed by atoms with Gasteiger partial charge in [0.1, 0.15) is 47.0 Å². The van der Waals surface area contributed by atoms with Gasteiger partial charge in [0.15, 0.2) is 5.13 Å². The van der Waals surface area contributed by atoms with E-state index in [1.54, 1.807) is 13.2 Å². The van der Waals surface area contributed by atoms with Gasteiger partial charge in [0, 0.05) is 41.3 Å². The number of likely N-dealkylation sites (tertiary alicyclic amines) is 1. The van der Waals surface area contributed by atoms with E-state index >= 15 is 0 Å². The molecular weight excluding hydrogens is 749 g/mol. The third-order valence-electron chi connectivity index (χ3n) is 11.7. The second-order valence-electron chi connectivity index (χ2n) is 16.8. The summed E-state index contributed by atoms with van der Waals surface area (Å²) in [7, 11) is 2.87. The van der Waals surface area contributed by atoms with Crippen LogP contribution in [0.2, 0.25) is 0 Å². The van der Waals surface area contributed by atoms with Crippen LogP contribution in [-0.4, -0.2) is 95.4 Å². The number of nitrogens with one attached hydrogen (secondary N) is 3. The van der Waals surface area contributed by atoms with Crippen molar-refractivity contribution < 1.29 is 38.1 Å². The van der Waals surface area contributed by atoms with Gasteiger partial charge in [-0.1, -0.05) is 39.7 Å². The summed E-state index contributed by atoms with van der Waals surface area (Å²) in [5.41, 5.74) is -0.112. The molecule has 14 nitrogen and oxygen atoms in total. The molecule has 7 rings (SSSR count). The van der Waals surface area contributed by atoms with Crippen LogP contribution in [0.3, 0.4) is 0 Å². The van der Waals surface area contributed by atoms with E-state index in [2.05, 4.69) is 22.5 Å². The van der Waals surface area contributed by atoms with Crippen LogP contribution in [-0.2, 0) is 23.9 Å². The molecule has 4 aliphatic rings. The Labute approximate surface area is 337 Å². The average Bonchev–Trinajstić information content (AvgIpc) is 3.83. The lowest BCUT2D eigenvalue weighted by Crippen LogP contribution is -2.59. The lowest BCUT2D eigenvalue weighted by molar-refractivity contribution is -0.148. The first kappa shape index (κ1) is 40.3. The summed E-state index contributed by atoms with van der Waals surface area (Å²) in [4.78, 5) is 66.4. The van der Waals surface area contributed by atoms with Crippen LogP contribution < -0.4 is 25.4 Å². The molecule has 3 heterocycles. The van der Waals surface area contributed by atoms with E-state index in [1.165, 1.54) is 36.2 Å². The Balaban J connectivity index is 1.19. The number of benzene rings is 1. The molecule has 1 saturated heterocycles. The maximum atomic E-state index is 14.7. The van der Waals surface area contributed by atoms with Crippen molar-refractivity contribution >= 4 is 51.2 Å². The van der Waals surface area contributed by atoms with Crippen LogP contribution in [0.4, 0.5) is 9.93 Å². The SMILES string of the molecule is C=C[C@@H]1C[C@]1(NC(=O)[C@@H]1C[C@@H](Oc2cc(-c3csc(NC4CCCC4)n3)nc3cc(OC)ccc23)CN1C(=O)[C@@H](NC(=O)OC1CCCC1)C(C)(C)C)C(=O)OC. The fourth-order valence-corrected chi connectivity index (χ4v) is 9.18. The highest BCUT2D eigenvalue weighted by Gasteiger charge is 2.62. The summed E-state index contributed by atoms with van der Waals surface area (Å²) in [6, 6.07) is 5.70. The molecule has 3 aromatic rings. The Morgan fingerprint density at radius 2 is 1.74 bits per heavy atom. The van der Waals surface area contributed by atoms with E-state index in [-0.39, 0.29) is 25.0 Å². The molecule has 3 saturated carbocycles. The van der Waals surface area contributed by atoms with Crippen molar-refractivity contribution in [3.05, 3.63) is 42.3 Å². The molecule has 3 N–H and O–H groups in total. The number of aromatic nitrogens is 2. The van der Waals surface area contributed by atoms with Crippen LogP contribution in [0.15, 0.2) is 42.3 Å². The number of anilines is 1. The zero-order valence-electron chi connectivity index (χ0n) is 33.4. The zero-order valence-corrected chi connectivity index (χ0v) is 34.2. The Kier molecular flexibility index (Phi) is 11.7. The quantitative estimate of drug-likeness (QED) is 0.129. The van der Waals surface area contributed by atoms with E-state index in [1.807, 2.05) is 50.4 Å². The maximum Gasteiger partial charge on any atom is 0.408 e. The van der Waals surface area contributed by atoms with Gasteiger partial charge in [0.2, 0.25) is 11.8 Å². The standard InChI is InChI=1S/C42H54N6O8S/c1-7-24-21-42(24,38(51)54-6)47-36(49)33-19-28(22-48(33)37(50)35(41(2,3)4)46-40(52)56-26-14-10-11-15-26)55-34-20-31(44-30-18-27(53-5)16-17-29(30)34)32-23-57-39(45-32)43-25-12-8-9-13-25/h7,16-18,20,23-26,28,33,35H,1,8-15,19,21-22H2,2-6H3,(H,43,45)(H,46,52)(H,47,49)/t24-,28-,33+,35-,42-/m1/s1. The van der Waals surface area contributed by atoms with Gasteiger partial charge >= 0.3 is 12.1 Å². The van der Waals surface area contributed by atoms with Crippen LogP contribution in [0.25, 0.3) is 22.3 Å². The molecule has 4 fully saturated rings. The van der Waals surface area contributed by atoms with Crippen molar-refractivity contribution in [3.63, 3.8) is 0 Å². The van der Waals surface area contributed by atoms with Crippen LogP contribution in [0.5, 0.6) is 11.5 Å². The number of methoxy groups -OCH3 is 2. The number of pyridine rings is 1. The number of hydrogen-bond acceptors (Lipinski definition) is 12. The summed E-state index contributed by atoms with van der Waals surface area (Å²) < 4.78 is 23.1. The number of carbonyl (C=O) groups is 4. The first-order chi connectivity index (χ1) is 27.3. The fourth-order valence-electron chi connectivity index (χ4n) is 8.40. The molecule has 2 aromatic heterocycles. The molecule has 0 unspecified atom stereocenters. The molecule has 0 bridgehead atoms. The smallest absolute Gasteiger partial charge is 0.408 e. The topological polar surface area (TPSA) is 170 Å². The third kappa shape index (κ3) is 8.68. The molecule has 5 atom stereocenters. The first-order valence-corrected chi connectivity index (χ1v) is 20.9. The number of hydrogen-bond donors (Lipinski definition) is 3. The van der Waals surface area contributed by atoms with Gasteiger partial charge < -0.3 is 39.8 Å². The number of amides is 3. The molecule has 3 aliphatic carbocycles. The number of esters is 1. The van der Waals surface area contributed by atoms with Crippen LogP contribution in [0.1, 0.15) is 85.0 Å². The third-order valence-corrected chi connectivity index (χ3v) is 12.5. The summed E-state index contributed by atoms with van der Waals surface area (Å²) in [5, 5.41) is 12.8. The molecule has 0 spiro atoms. The number of ether oxygens (including phenoxy) is 4. The van der Waals surface area contributed by atoms with Crippen molar-refractivity contribution in [3.8, 4) is 22.9 Å². The molecule has 306 valence electrons. The van der Waals surface area contributed by atoms with Gasteiger partial charge in [-0.2, -0.15) is 0 Å². The van der Waals surface area contributed by atoms with Gasteiger partial charge in [-0.05, 0) is 62.5 Å². The molecule has 57 heavy (non-hydrogen) atoms. The minimum absolute atomic E-state index is 0.0282. The summed E-state index contributed by atoms with van der Waals surface area (Å²) in [6.07, 6.45) is 8.71. The highest BCUT2D eigenvalue weighted by Crippen LogP contribution is 2.46. The van der Waals surface area contributed by atoms with Gasteiger partial charge in [0.25, 0.3) is 0 Å². The van der Waals surface area contributed by atoms with Crippen LogP contribution in [0, 0.1) is 11.3 Å². The lowest BCUT2D eigenvalue weighted by Gasteiger charge is -2.35. The second kappa shape index (κ2) is 16.5. The van der Waals surface area contributed by atoms with Crippen molar-refractivity contribution in [2.45, 2.75) is 121 Å². The number of alkyl carbamates (subject to hydrolysis) is 1. The molecular formula is C42H54N6O8S. The minimum atomic E-state index is -1.28. The molecule has 1 aromatic carbocycles. The normalized spacial score (nSPS) is 24.2. The predicted octanol–water partition coefficient (Wildman–Crippen LogP) is 6.39. The van der Waals surface area contributed by atoms with Gasteiger partial charge in [-0.25, -0.2) is 19.6 Å². The molecule has 1 aliphatic heterocycles. The average molecular weight is 803 g/mol. The minimum Gasteiger partial charge on any atom is -0.497 e. The van der Waals surface area contributed by atoms with E-state index in [0.29, 0.717) is 46.3 Å². The second-order valence-corrected chi connectivity index (χ2v) is 17.6. The van der Waals surface area contributed by atoms with E-state index in [0.717, 1.165) is 43.7 Å². The highest BCUT2D eigenvalue weighted by molar-refractivity contribution is 7.14. The van der Waals surface area contributed by atoms with E-state index < -0.39 is 53.0 Å². The monoisotopic (exact) mass is 802 g/mol. The van der Waals surface area contributed by atoms with Crippen molar-refractivity contribution in [2.24, 2.45) is 11.3 Å². The predicted molar refractivity (Wildman–Crippen MR) is 216 cm³/mol. The Morgan fingerprint density at radius 1 is 1.00 bits per heavy atom. The van der Waals surface area contributed by atoms with Gasteiger partial charge in [-0.15, -0.1) is 17.9 Å². The Morgan fingerprint density at radius 3 is 2.40 bits per heavy atom. The largest absolute Gasteiger partial charge is 0.497 e. The lowest BCUT2D eigenvalue weighted by atomic mass is 9.85. The molecule has 0 radical (unpaired) electrons. The zero-order chi connectivity index (χ0) is 40.5. The number of nitrogens with zero attached hydrogens (tertiary/aromatic N) is 3. The number of rotatable bonds is 13. The number of fused-ring (bicyclic) bond motifs is 1. The van der Waals surface area contributed by atoms with Crippen LogP contribution >= 0.6 is 11.3 Å². The summed E-state index contributed by atoms with van der Waals surface area (Å²) in [6.45, 7) is 9.40. The van der Waals surface area contributed by atoms with Crippen molar-refractivity contribution in [2.75, 3.05) is 26.1 Å². The highest BCUT2D eigenvalue weighted by atomic mass is 32.1. The fraction of sp³-hybridized carbons (Fsp3) is 0.571. The first-order valence-electron chi connectivity index (χ1n) is 20.0. The van der Waals surface area contributed by atoms with Crippen molar-refractivity contribution in [1.29, 1.82) is 0 Å². The summed E-state index contributed by atoms with van der Waals surface area (Å²) >= 11 is 1.53. The van der Waals surface area contributed by atoms with Gasteiger partial charge in [0.05, 0.1) is 32.0 Å². The Bertz CT molecular complexity index is 2000. The Hall–Kier alpha value is -4.92. The number of thiazole rings is 1. The maximum absolute atomic E-state index is 14.7. The van der Waals surface area contributed by atoms with E-state index in [4.69, 9.17) is 28.9 Å².